The molecule has 0 N–H and O–H groups in total. The first-order valence-corrected chi connectivity index (χ1v) is 12.4. The lowest BCUT2D eigenvalue weighted by atomic mass is 9.82. The standard InChI is InChI=1S/C25H48O4/c1-6-10-12-13-14-15-16-17-18-19-21-28-23(26)25(8-3,9-4)24(27)29-22(5)20-11-7-2/h22H,6-21H2,1-5H3. The Bertz CT molecular complexity index is 415. The zero-order valence-corrected chi connectivity index (χ0v) is 20.0. The third kappa shape index (κ3) is 11.6. The van der Waals surface area contributed by atoms with Crippen molar-refractivity contribution in [3.8, 4) is 0 Å². The van der Waals surface area contributed by atoms with Gasteiger partial charge in [0, 0.05) is 0 Å². The minimum Gasteiger partial charge on any atom is -0.465 e. The molecule has 0 aliphatic heterocycles. The molecule has 4 heteroatoms. The second-order valence-corrected chi connectivity index (χ2v) is 8.47. The summed E-state index contributed by atoms with van der Waals surface area (Å²) in [5.41, 5.74) is -1.15. The maximum atomic E-state index is 12.7. The largest absolute Gasteiger partial charge is 0.465 e. The van der Waals surface area contributed by atoms with Gasteiger partial charge in [-0.15, -0.1) is 0 Å². The van der Waals surface area contributed by atoms with Gasteiger partial charge in [0.1, 0.15) is 0 Å². The van der Waals surface area contributed by atoms with Crippen molar-refractivity contribution in [1.82, 2.24) is 0 Å². The van der Waals surface area contributed by atoms with E-state index in [0.29, 0.717) is 19.4 Å². The number of carbonyl (C=O) groups excluding carboxylic acids is 2. The van der Waals surface area contributed by atoms with Gasteiger partial charge in [0.05, 0.1) is 12.7 Å². The molecule has 0 amide bonds. The molecule has 1 unspecified atom stereocenters. The molecule has 4 nitrogen and oxygen atoms in total. The highest BCUT2D eigenvalue weighted by molar-refractivity contribution is 6.00. The molecule has 0 saturated carbocycles. The second kappa shape index (κ2) is 17.8. The van der Waals surface area contributed by atoms with Crippen molar-refractivity contribution >= 4 is 11.9 Å². The Labute approximate surface area is 180 Å². The minimum atomic E-state index is -1.15. The van der Waals surface area contributed by atoms with Gasteiger partial charge < -0.3 is 9.47 Å². The number of ether oxygens (including phenoxy) is 2. The van der Waals surface area contributed by atoms with E-state index in [2.05, 4.69) is 13.8 Å². The Morgan fingerprint density at radius 3 is 1.66 bits per heavy atom. The average molecular weight is 413 g/mol. The van der Waals surface area contributed by atoms with Gasteiger partial charge in [0.15, 0.2) is 5.41 Å². The van der Waals surface area contributed by atoms with Crippen LogP contribution in [0.1, 0.15) is 131 Å². The van der Waals surface area contributed by atoms with Crippen LogP contribution >= 0.6 is 0 Å². The summed E-state index contributed by atoms with van der Waals surface area (Å²) in [5.74, 6) is -0.828. The molecule has 0 bridgehead atoms. The maximum absolute atomic E-state index is 12.7. The van der Waals surface area contributed by atoms with E-state index in [1.165, 1.54) is 51.4 Å². The first-order chi connectivity index (χ1) is 14.0. The van der Waals surface area contributed by atoms with Crippen LogP contribution in [-0.2, 0) is 19.1 Å². The number of hydrogen-bond acceptors (Lipinski definition) is 4. The monoisotopic (exact) mass is 412 g/mol. The molecule has 0 aliphatic rings. The summed E-state index contributed by atoms with van der Waals surface area (Å²) in [6, 6.07) is 0. The fraction of sp³-hybridized carbons (Fsp3) is 0.920. The molecule has 1 atom stereocenters. The van der Waals surface area contributed by atoms with Crippen LogP contribution in [0.15, 0.2) is 0 Å². The summed E-state index contributed by atoms with van der Waals surface area (Å²) < 4.78 is 11.1. The smallest absolute Gasteiger partial charge is 0.323 e. The average Bonchev–Trinajstić information content (AvgIpc) is 2.71. The Morgan fingerprint density at radius 1 is 0.690 bits per heavy atom. The van der Waals surface area contributed by atoms with Crippen LogP contribution in [-0.4, -0.2) is 24.6 Å². The number of carbonyl (C=O) groups is 2. The lowest BCUT2D eigenvalue weighted by Gasteiger charge is -2.28. The van der Waals surface area contributed by atoms with E-state index < -0.39 is 17.4 Å². The molecule has 0 spiro atoms. The molecule has 0 aromatic carbocycles. The van der Waals surface area contributed by atoms with E-state index in [1.54, 1.807) is 0 Å². The van der Waals surface area contributed by atoms with Crippen LogP contribution < -0.4 is 0 Å². The van der Waals surface area contributed by atoms with Crippen LogP contribution in [0, 0.1) is 5.41 Å². The molecule has 0 aromatic heterocycles. The van der Waals surface area contributed by atoms with Gasteiger partial charge in [-0.1, -0.05) is 98.3 Å². The van der Waals surface area contributed by atoms with Crippen molar-refractivity contribution in [2.75, 3.05) is 6.61 Å². The molecule has 0 aromatic rings. The summed E-state index contributed by atoms with van der Waals surface area (Å²) in [5, 5.41) is 0. The fourth-order valence-electron chi connectivity index (χ4n) is 3.65. The molecule has 0 aliphatic carbocycles. The maximum Gasteiger partial charge on any atom is 0.323 e. The highest BCUT2D eigenvalue weighted by Gasteiger charge is 2.46. The van der Waals surface area contributed by atoms with Crippen LogP contribution in [0.3, 0.4) is 0 Å². The lowest BCUT2D eigenvalue weighted by Crippen LogP contribution is -2.42. The van der Waals surface area contributed by atoms with Crippen molar-refractivity contribution in [2.24, 2.45) is 5.41 Å². The Hall–Kier alpha value is -1.06. The zero-order chi connectivity index (χ0) is 22.0. The zero-order valence-electron chi connectivity index (χ0n) is 20.0. The number of hydrogen-bond donors (Lipinski definition) is 0. The molecule has 0 radical (unpaired) electrons. The van der Waals surface area contributed by atoms with Crippen molar-refractivity contribution in [1.29, 1.82) is 0 Å². The fourth-order valence-corrected chi connectivity index (χ4v) is 3.65. The quantitative estimate of drug-likeness (QED) is 0.126. The molecular formula is C25H48O4. The van der Waals surface area contributed by atoms with Gasteiger partial charge in [-0.25, -0.2) is 0 Å². The summed E-state index contributed by atoms with van der Waals surface area (Å²) >= 11 is 0. The second-order valence-electron chi connectivity index (χ2n) is 8.47. The Kier molecular flexibility index (Phi) is 17.1. The van der Waals surface area contributed by atoms with Gasteiger partial charge in [-0.3, -0.25) is 9.59 Å². The first kappa shape index (κ1) is 27.9. The molecule has 172 valence electrons. The molecular weight excluding hydrogens is 364 g/mol. The number of esters is 2. The Balaban J connectivity index is 4.16. The molecule has 0 heterocycles. The molecule has 0 saturated heterocycles. The van der Waals surface area contributed by atoms with Gasteiger partial charge in [0.2, 0.25) is 0 Å². The molecule has 29 heavy (non-hydrogen) atoms. The van der Waals surface area contributed by atoms with Crippen LogP contribution in [0.25, 0.3) is 0 Å². The van der Waals surface area contributed by atoms with Crippen molar-refractivity contribution < 1.29 is 19.1 Å². The topological polar surface area (TPSA) is 52.6 Å². The van der Waals surface area contributed by atoms with Crippen LogP contribution in [0.2, 0.25) is 0 Å². The normalized spacial score (nSPS) is 12.6. The van der Waals surface area contributed by atoms with E-state index in [0.717, 1.165) is 32.1 Å². The summed E-state index contributed by atoms with van der Waals surface area (Å²) in [6.07, 6.45) is 16.0. The van der Waals surface area contributed by atoms with Crippen LogP contribution in [0.5, 0.6) is 0 Å². The predicted molar refractivity (Wildman–Crippen MR) is 121 cm³/mol. The summed E-state index contributed by atoms with van der Waals surface area (Å²) in [4.78, 5) is 25.4. The third-order valence-electron chi connectivity index (χ3n) is 5.99. The minimum absolute atomic E-state index is 0.158. The van der Waals surface area contributed by atoms with Gasteiger partial charge >= 0.3 is 11.9 Å². The first-order valence-electron chi connectivity index (χ1n) is 12.4. The SMILES string of the molecule is CCCCCCCCCCCCOC(=O)C(CC)(CC)C(=O)OC(C)CCCC. The van der Waals surface area contributed by atoms with Crippen molar-refractivity contribution in [3.63, 3.8) is 0 Å². The summed E-state index contributed by atoms with van der Waals surface area (Å²) in [6.45, 7) is 10.4. The van der Waals surface area contributed by atoms with E-state index in [1.807, 2.05) is 20.8 Å². The number of rotatable bonds is 19. The van der Waals surface area contributed by atoms with Gasteiger partial charge in [-0.2, -0.15) is 0 Å². The van der Waals surface area contributed by atoms with E-state index >= 15 is 0 Å². The van der Waals surface area contributed by atoms with E-state index in [4.69, 9.17) is 9.47 Å². The number of unbranched alkanes of at least 4 members (excludes halogenated alkanes) is 10. The van der Waals surface area contributed by atoms with Crippen molar-refractivity contribution in [2.45, 2.75) is 137 Å². The third-order valence-corrected chi connectivity index (χ3v) is 5.99. The van der Waals surface area contributed by atoms with E-state index in [9.17, 15) is 9.59 Å². The van der Waals surface area contributed by atoms with Crippen LogP contribution in [0.4, 0.5) is 0 Å². The Morgan fingerprint density at radius 2 is 1.17 bits per heavy atom. The van der Waals surface area contributed by atoms with Gasteiger partial charge in [0.25, 0.3) is 0 Å². The molecule has 0 rings (SSSR count). The van der Waals surface area contributed by atoms with Gasteiger partial charge in [-0.05, 0) is 32.6 Å². The highest BCUT2D eigenvalue weighted by Crippen LogP contribution is 2.31. The van der Waals surface area contributed by atoms with Crippen molar-refractivity contribution in [3.05, 3.63) is 0 Å². The lowest BCUT2D eigenvalue weighted by molar-refractivity contribution is -0.176. The summed E-state index contributed by atoms with van der Waals surface area (Å²) in [7, 11) is 0. The highest BCUT2D eigenvalue weighted by atomic mass is 16.6. The molecule has 0 fully saturated rings. The predicted octanol–water partition coefficient (Wildman–Crippen LogP) is 7.38. The van der Waals surface area contributed by atoms with E-state index in [-0.39, 0.29) is 6.10 Å².